The normalized spacial score (nSPS) is 30.2. The lowest BCUT2D eigenvalue weighted by molar-refractivity contribution is -0.158. The molecule has 1 fully saturated rings. The number of Topliss-reactive ketones (excluding diaryl/α,β-unsaturated/α-hetero) is 2. The maximum absolute atomic E-state index is 13.3. The van der Waals surface area contributed by atoms with Crippen LogP contribution in [0.15, 0.2) is 18.2 Å². The van der Waals surface area contributed by atoms with Crippen molar-refractivity contribution in [1.82, 2.24) is 0 Å². The minimum atomic E-state index is -1.47. The summed E-state index contributed by atoms with van der Waals surface area (Å²) in [7, 11) is 1.68. The van der Waals surface area contributed by atoms with E-state index in [1.807, 2.05) is 6.07 Å². The van der Waals surface area contributed by atoms with E-state index in [0.717, 1.165) is 0 Å². The second kappa shape index (κ2) is 5.25. The van der Waals surface area contributed by atoms with Crippen molar-refractivity contribution >= 4 is 29.1 Å². The quantitative estimate of drug-likeness (QED) is 0.601. The van der Waals surface area contributed by atoms with Gasteiger partial charge < -0.3 is 9.64 Å². The van der Waals surface area contributed by atoms with Crippen LogP contribution in [0, 0.1) is 5.92 Å². The molecule has 0 unspecified atom stereocenters. The van der Waals surface area contributed by atoms with Gasteiger partial charge in [-0.15, -0.1) is 0 Å². The monoisotopic (exact) mass is 341 g/mol. The van der Waals surface area contributed by atoms with E-state index < -0.39 is 29.0 Å². The summed E-state index contributed by atoms with van der Waals surface area (Å²) in [5, 5.41) is 0. The van der Waals surface area contributed by atoms with Gasteiger partial charge in [0.1, 0.15) is 5.78 Å². The summed E-state index contributed by atoms with van der Waals surface area (Å²) in [4.78, 5) is 52.9. The van der Waals surface area contributed by atoms with Crippen LogP contribution in [0.4, 0.5) is 5.69 Å². The number of hydrogen-bond acceptors (Lipinski definition) is 5. The molecule has 1 aromatic rings. The zero-order chi connectivity index (χ0) is 17.9. The Morgan fingerprint density at radius 3 is 2.76 bits per heavy atom. The highest BCUT2D eigenvalue weighted by Crippen LogP contribution is 2.53. The Bertz CT molecular complexity index is 829. The molecule has 3 atom stereocenters. The zero-order valence-corrected chi connectivity index (χ0v) is 14.2. The molecule has 1 heterocycles. The first-order valence-electron chi connectivity index (χ1n) is 8.58. The molecule has 0 radical (unpaired) electrons. The molecule has 0 saturated heterocycles. The molecule has 0 spiro atoms. The average molecular weight is 341 g/mol. The topological polar surface area (TPSA) is 80.8 Å². The summed E-state index contributed by atoms with van der Waals surface area (Å²) in [6.07, 6.45) is 0.405. The molecule has 3 aliphatic rings. The predicted molar refractivity (Wildman–Crippen MR) is 88.3 cm³/mol. The lowest BCUT2D eigenvalue weighted by atomic mass is 9.64. The molecule has 0 aromatic heterocycles. The molecule has 2 bridgehead atoms. The number of carbonyl (C=O) groups excluding carboxylic acids is 4. The van der Waals surface area contributed by atoms with E-state index in [2.05, 4.69) is 0 Å². The van der Waals surface area contributed by atoms with Crippen LogP contribution < -0.4 is 4.90 Å². The molecule has 1 saturated carbocycles. The van der Waals surface area contributed by atoms with Crippen LogP contribution in [0.25, 0.3) is 0 Å². The Morgan fingerprint density at radius 2 is 2.04 bits per heavy atom. The fourth-order valence-electron chi connectivity index (χ4n) is 4.64. The number of anilines is 1. The van der Waals surface area contributed by atoms with Crippen molar-refractivity contribution < 1.29 is 23.9 Å². The molecular weight excluding hydrogens is 322 g/mol. The number of nitrogens with zero attached hydrogens (tertiary/aromatic N) is 1. The summed E-state index contributed by atoms with van der Waals surface area (Å²) in [5.41, 5.74) is 0.504. The number of fused-ring (bicyclic) bond motifs is 3. The summed E-state index contributed by atoms with van der Waals surface area (Å²) in [6.45, 7) is 1.85. The van der Waals surface area contributed by atoms with Crippen LogP contribution in [0.2, 0.25) is 0 Å². The zero-order valence-electron chi connectivity index (χ0n) is 14.2. The Kier molecular flexibility index (Phi) is 3.36. The van der Waals surface area contributed by atoms with Crippen LogP contribution in [0.5, 0.6) is 0 Å². The molecular formula is C19H19NO5. The van der Waals surface area contributed by atoms with Crippen LogP contribution in [0.1, 0.15) is 43.2 Å². The van der Waals surface area contributed by atoms with Crippen molar-refractivity contribution in [3.8, 4) is 0 Å². The van der Waals surface area contributed by atoms with E-state index in [1.54, 1.807) is 31.0 Å². The van der Waals surface area contributed by atoms with Gasteiger partial charge in [0, 0.05) is 19.2 Å². The molecule has 6 nitrogen and oxygen atoms in total. The molecule has 2 aliphatic carbocycles. The van der Waals surface area contributed by atoms with Gasteiger partial charge in [-0.25, -0.2) is 0 Å². The number of carbonyl (C=O) groups is 4. The summed E-state index contributed by atoms with van der Waals surface area (Å²) in [6, 6.07) is 5.31. The second-order valence-corrected chi connectivity index (χ2v) is 6.93. The molecule has 6 heteroatoms. The number of ether oxygens (including phenoxy) is 1. The lowest BCUT2D eigenvalue weighted by Crippen LogP contribution is -2.52. The fraction of sp³-hybridized carbons (Fsp3) is 0.474. The van der Waals surface area contributed by atoms with E-state index in [9.17, 15) is 19.2 Å². The van der Waals surface area contributed by atoms with Gasteiger partial charge >= 0.3 is 5.97 Å². The SMILES string of the molecule is CCOC(=O)[C@]12CCC(=O)[C@H](C[C@@H]3C(=O)N(C)c4cccc1c43)C2=O. The highest BCUT2D eigenvalue weighted by Gasteiger charge is 2.60. The number of rotatable bonds is 2. The van der Waals surface area contributed by atoms with Gasteiger partial charge in [0.25, 0.3) is 0 Å². The Morgan fingerprint density at radius 1 is 1.28 bits per heavy atom. The van der Waals surface area contributed by atoms with E-state index in [4.69, 9.17) is 4.74 Å². The largest absolute Gasteiger partial charge is 0.465 e. The average Bonchev–Trinajstić information content (AvgIpc) is 2.79. The van der Waals surface area contributed by atoms with E-state index in [1.165, 1.54) is 0 Å². The molecule has 25 heavy (non-hydrogen) atoms. The molecule has 0 N–H and O–H groups in total. The standard InChI is InChI=1S/C19H19NO5/c1-3-25-18(24)19-8-7-14(21)10(16(19)22)9-11-15-12(19)5-4-6-13(15)20(2)17(11)23/h4-6,10-11H,3,7-9H2,1-2H3/t10-,11-,19+/m0/s1. The maximum Gasteiger partial charge on any atom is 0.324 e. The third kappa shape index (κ3) is 1.85. The fourth-order valence-corrected chi connectivity index (χ4v) is 4.64. The van der Waals surface area contributed by atoms with Crippen molar-refractivity contribution in [3.63, 3.8) is 0 Å². The summed E-state index contributed by atoms with van der Waals surface area (Å²) < 4.78 is 5.26. The summed E-state index contributed by atoms with van der Waals surface area (Å²) >= 11 is 0. The first-order valence-corrected chi connectivity index (χ1v) is 8.58. The van der Waals surface area contributed by atoms with Crippen molar-refractivity contribution in [3.05, 3.63) is 29.3 Å². The van der Waals surface area contributed by atoms with Gasteiger partial charge in [-0.2, -0.15) is 0 Å². The van der Waals surface area contributed by atoms with Crippen LogP contribution in [-0.4, -0.2) is 37.1 Å². The van der Waals surface area contributed by atoms with Crippen LogP contribution in [0.3, 0.4) is 0 Å². The van der Waals surface area contributed by atoms with Gasteiger partial charge in [-0.05, 0) is 37.0 Å². The van der Waals surface area contributed by atoms with Crippen molar-refractivity contribution in [2.75, 3.05) is 18.6 Å². The van der Waals surface area contributed by atoms with Gasteiger partial charge in [0.2, 0.25) is 5.91 Å². The number of esters is 1. The maximum atomic E-state index is 13.3. The smallest absolute Gasteiger partial charge is 0.324 e. The highest BCUT2D eigenvalue weighted by molar-refractivity contribution is 6.21. The van der Waals surface area contributed by atoms with Crippen molar-refractivity contribution in [1.29, 1.82) is 0 Å². The predicted octanol–water partition coefficient (Wildman–Crippen LogP) is 1.50. The van der Waals surface area contributed by atoms with Gasteiger partial charge in [-0.1, -0.05) is 12.1 Å². The van der Waals surface area contributed by atoms with Gasteiger partial charge in [-0.3, -0.25) is 19.2 Å². The van der Waals surface area contributed by atoms with Gasteiger partial charge in [0.15, 0.2) is 11.2 Å². The van der Waals surface area contributed by atoms with E-state index in [0.29, 0.717) is 16.8 Å². The van der Waals surface area contributed by atoms with Crippen LogP contribution in [-0.2, 0) is 29.3 Å². The molecule has 1 aromatic carbocycles. The Balaban J connectivity index is 2.03. The highest BCUT2D eigenvalue weighted by atomic mass is 16.5. The lowest BCUT2D eigenvalue weighted by Gasteiger charge is -2.36. The number of benzene rings is 1. The molecule has 1 amide bonds. The van der Waals surface area contributed by atoms with E-state index >= 15 is 0 Å². The van der Waals surface area contributed by atoms with Crippen molar-refractivity contribution in [2.45, 2.75) is 37.5 Å². The molecule has 130 valence electrons. The first kappa shape index (κ1) is 16.0. The first-order chi connectivity index (χ1) is 11.9. The Labute approximate surface area is 145 Å². The number of amides is 1. The van der Waals surface area contributed by atoms with Crippen molar-refractivity contribution in [2.24, 2.45) is 5.92 Å². The third-order valence-corrected chi connectivity index (χ3v) is 5.85. The van der Waals surface area contributed by atoms with Gasteiger partial charge in [0.05, 0.1) is 18.4 Å². The second-order valence-electron chi connectivity index (χ2n) is 6.93. The van der Waals surface area contributed by atoms with Crippen LogP contribution >= 0.6 is 0 Å². The minimum Gasteiger partial charge on any atom is -0.465 e. The number of hydrogen-bond donors (Lipinski definition) is 0. The van der Waals surface area contributed by atoms with E-state index in [-0.39, 0.29) is 37.6 Å². The number of likely N-dealkylation sites (N-methyl/N-ethyl adjacent to an activating group) is 1. The number of ketones is 2. The third-order valence-electron chi connectivity index (χ3n) is 5.85. The molecule has 1 aliphatic heterocycles. The Hall–Kier alpha value is -2.50. The summed E-state index contributed by atoms with van der Waals surface area (Å²) in [5.74, 6) is -2.78. The molecule has 4 rings (SSSR count). The minimum absolute atomic E-state index is 0.112.